The molecule has 0 saturated carbocycles. The lowest BCUT2D eigenvalue weighted by molar-refractivity contribution is 0.637. The second kappa shape index (κ2) is 10.9. The number of fused-ring (bicyclic) bond motifs is 12. The molecule has 0 amide bonds. The van der Waals surface area contributed by atoms with Crippen LogP contribution < -0.4 is 5.32 Å². The Bertz CT molecular complexity index is 2730. The van der Waals surface area contributed by atoms with Crippen LogP contribution in [0.4, 0.5) is 11.4 Å². The van der Waals surface area contributed by atoms with E-state index < -0.39 is 5.41 Å². The highest BCUT2D eigenvalue weighted by molar-refractivity contribution is 5.97. The van der Waals surface area contributed by atoms with Gasteiger partial charge in [0.2, 0.25) is 0 Å². The molecular weight excluding hydrogens is 645 g/mol. The number of nitrogens with one attached hydrogen (secondary N) is 1. The SMILES string of the molecule is CC1(C)c2ccccc2Nc2cc3c(cc21)-c1ccccc1C31c2ccccc2-c2ccc(-c3nc(-c4ccccc4)nc(-c4ccccc4)n3)cc21. The molecule has 1 unspecified atom stereocenters. The fourth-order valence-corrected chi connectivity index (χ4v) is 9.31. The fourth-order valence-electron chi connectivity index (χ4n) is 9.31. The molecule has 7 aromatic carbocycles. The van der Waals surface area contributed by atoms with Crippen molar-refractivity contribution in [1.29, 1.82) is 0 Å². The molecule has 1 spiro atoms. The molecule has 1 N–H and O–H groups in total. The van der Waals surface area contributed by atoms with Crippen LogP contribution in [0.1, 0.15) is 47.2 Å². The minimum atomic E-state index is -0.525. The molecule has 2 heterocycles. The molecule has 4 heteroatoms. The van der Waals surface area contributed by atoms with E-state index in [1.54, 1.807) is 0 Å². The largest absolute Gasteiger partial charge is 0.355 e. The Labute approximate surface area is 308 Å². The van der Waals surface area contributed by atoms with E-state index in [0.29, 0.717) is 17.5 Å². The van der Waals surface area contributed by atoms with Crippen LogP contribution >= 0.6 is 0 Å². The van der Waals surface area contributed by atoms with E-state index in [0.717, 1.165) is 16.7 Å². The first-order valence-corrected chi connectivity index (χ1v) is 18.3. The Morgan fingerprint density at radius 1 is 0.358 bits per heavy atom. The van der Waals surface area contributed by atoms with Gasteiger partial charge in [-0.05, 0) is 79.9 Å². The van der Waals surface area contributed by atoms with Crippen LogP contribution in [0.3, 0.4) is 0 Å². The number of hydrogen-bond donors (Lipinski definition) is 1. The van der Waals surface area contributed by atoms with Gasteiger partial charge in [-0.2, -0.15) is 0 Å². The minimum Gasteiger partial charge on any atom is -0.355 e. The molecule has 0 radical (unpaired) electrons. The first-order valence-electron chi connectivity index (χ1n) is 18.3. The summed E-state index contributed by atoms with van der Waals surface area (Å²) in [5.74, 6) is 1.97. The topological polar surface area (TPSA) is 50.7 Å². The molecular formula is C49H34N4. The molecule has 1 atom stereocenters. The van der Waals surface area contributed by atoms with Crippen molar-refractivity contribution in [3.8, 4) is 56.4 Å². The van der Waals surface area contributed by atoms with E-state index in [9.17, 15) is 0 Å². The Hall–Kier alpha value is -6.65. The Morgan fingerprint density at radius 2 is 0.849 bits per heavy atom. The Kier molecular flexibility index (Phi) is 6.19. The highest BCUT2D eigenvalue weighted by atomic mass is 15.0. The monoisotopic (exact) mass is 678 g/mol. The van der Waals surface area contributed by atoms with Gasteiger partial charge in [0, 0.05) is 33.5 Å². The molecule has 0 bridgehead atoms. The second-order valence-corrected chi connectivity index (χ2v) is 14.9. The van der Waals surface area contributed by atoms with Gasteiger partial charge in [-0.1, -0.05) is 153 Å². The number of para-hydroxylation sites is 1. The lowest BCUT2D eigenvalue weighted by atomic mass is 9.68. The number of benzene rings is 7. The zero-order chi connectivity index (χ0) is 35.3. The molecule has 0 saturated heterocycles. The summed E-state index contributed by atoms with van der Waals surface area (Å²) >= 11 is 0. The normalized spacial score (nSPS) is 16.5. The van der Waals surface area contributed by atoms with Crippen molar-refractivity contribution >= 4 is 11.4 Å². The fraction of sp³-hybridized carbons (Fsp3) is 0.0816. The molecule has 2 aliphatic carbocycles. The van der Waals surface area contributed by atoms with Crippen molar-refractivity contribution < 1.29 is 0 Å². The zero-order valence-corrected chi connectivity index (χ0v) is 29.4. The number of hydrogen-bond acceptors (Lipinski definition) is 4. The van der Waals surface area contributed by atoms with Crippen LogP contribution in [0.15, 0.2) is 164 Å². The molecule has 11 rings (SSSR count). The second-order valence-electron chi connectivity index (χ2n) is 14.9. The summed E-state index contributed by atoms with van der Waals surface area (Å²) in [5, 5.41) is 3.86. The number of aromatic nitrogens is 3. The van der Waals surface area contributed by atoms with E-state index in [1.807, 2.05) is 36.4 Å². The Morgan fingerprint density at radius 3 is 1.49 bits per heavy atom. The summed E-state index contributed by atoms with van der Waals surface area (Å²) in [5.41, 5.74) is 17.4. The van der Waals surface area contributed by atoms with Crippen molar-refractivity contribution in [2.75, 3.05) is 5.32 Å². The van der Waals surface area contributed by atoms with Crippen molar-refractivity contribution in [2.24, 2.45) is 0 Å². The van der Waals surface area contributed by atoms with Crippen LogP contribution in [0, 0.1) is 0 Å². The first-order chi connectivity index (χ1) is 26.0. The van der Waals surface area contributed by atoms with Gasteiger partial charge in [-0.25, -0.2) is 15.0 Å². The maximum atomic E-state index is 5.14. The van der Waals surface area contributed by atoms with Crippen molar-refractivity contribution in [1.82, 2.24) is 15.0 Å². The molecule has 4 nitrogen and oxygen atoms in total. The van der Waals surface area contributed by atoms with E-state index in [2.05, 4.69) is 147 Å². The number of anilines is 2. The summed E-state index contributed by atoms with van der Waals surface area (Å²) in [6, 6.07) is 58.8. The van der Waals surface area contributed by atoms with E-state index in [4.69, 9.17) is 15.0 Å². The van der Waals surface area contributed by atoms with E-state index in [1.165, 1.54) is 67.0 Å². The summed E-state index contributed by atoms with van der Waals surface area (Å²) in [6.45, 7) is 4.70. The average molecular weight is 679 g/mol. The molecule has 0 fully saturated rings. The summed E-state index contributed by atoms with van der Waals surface area (Å²) < 4.78 is 0. The minimum absolute atomic E-state index is 0.166. The van der Waals surface area contributed by atoms with Crippen LogP contribution in [-0.2, 0) is 10.8 Å². The van der Waals surface area contributed by atoms with Gasteiger partial charge >= 0.3 is 0 Å². The first kappa shape index (κ1) is 30.0. The molecule has 53 heavy (non-hydrogen) atoms. The van der Waals surface area contributed by atoms with Gasteiger partial charge < -0.3 is 5.32 Å². The zero-order valence-electron chi connectivity index (χ0n) is 29.4. The summed E-state index contributed by atoms with van der Waals surface area (Å²) in [7, 11) is 0. The third kappa shape index (κ3) is 4.15. The standard InChI is InChI=1S/C49H34N4/c1-48(2)39-23-13-14-24-43(39)50-44-29-41-36(28-42(44)48)34-20-10-12-22-38(34)49(41)37-21-11-9-19-33(37)35-26-25-32(27-40(35)49)47-52-45(30-15-5-3-6-16-30)51-46(53-47)31-17-7-4-8-18-31/h3-29,50H,1-2H3. The smallest absolute Gasteiger partial charge is 0.164 e. The van der Waals surface area contributed by atoms with Gasteiger partial charge in [0.1, 0.15) is 0 Å². The van der Waals surface area contributed by atoms with Crippen LogP contribution in [-0.4, -0.2) is 15.0 Å². The predicted molar refractivity (Wildman–Crippen MR) is 214 cm³/mol. The third-order valence-electron chi connectivity index (χ3n) is 11.7. The quantitative estimate of drug-likeness (QED) is 0.202. The molecule has 250 valence electrons. The summed E-state index contributed by atoms with van der Waals surface area (Å²) in [6.07, 6.45) is 0. The average Bonchev–Trinajstić information content (AvgIpc) is 3.67. The molecule has 1 aromatic heterocycles. The highest BCUT2D eigenvalue weighted by Gasteiger charge is 2.52. The van der Waals surface area contributed by atoms with Crippen molar-refractivity contribution in [2.45, 2.75) is 24.7 Å². The maximum absolute atomic E-state index is 5.14. The van der Waals surface area contributed by atoms with Gasteiger partial charge in [-0.15, -0.1) is 0 Å². The van der Waals surface area contributed by atoms with Crippen LogP contribution in [0.2, 0.25) is 0 Å². The maximum Gasteiger partial charge on any atom is 0.164 e. The van der Waals surface area contributed by atoms with E-state index >= 15 is 0 Å². The van der Waals surface area contributed by atoms with Gasteiger partial charge in [-0.3, -0.25) is 0 Å². The third-order valence-corrected chi connectivity index (χ3v) is 11.7. The highest BCUT2D eigenvalue weighted by Crippen LogP contribution is 2.64. The van der Waals surface area contributed by atoms with Gasteiger partial charge in [0.25, 0.3) is 0 Å². The van der Waals surface area contributed by atoms with Gasteiger partial charge in [0.15, 0.2) is 17.5 Å². The number of nitrogens with zero attached hydrogens (tertiary/aromatic N) is 3. The summed E-state index contributed by atoms with van der Waals surface area (Å²) in [4.78, 5) is 15.3. The molecule has 8 aromatic rings. The predicted octanol–water partition coefficient (Wildman–Crippen LogP) is 11.6. The van der Waals surface area contributed by atoms with Gasteiger partial charge in [0.05, 0.1) is 5.41 Å². The lowest BCUT2D eigenvalue weighted by Gasteiger charge is -2.37. The molecule has 1 aliphatic heterocycles. The van der Waals surface area contributed by atoms with Crippen molar-refractivity contribution in [3.05, 3.63) is 197 Å². The van der Waals surface area contributed by atoms with Crippen LogP contribution in [0.25, 0.3) is 56.4 Å². The van der Waals surface area contributed by atoms with Crippen LogP contribution in [0.5, 0.6) is 0 Å². The van der Waals surface area contributed by atoms with Crippen molar-refractivity contribution in [3.63, 3.8) is 0 Å². The van der Waals surface area contributed by atoms with E-state index in [-0.39, 0.29) is 5.41 Å². The number of rotatable bonds is 3. The molecule has 3 aliphatic rings. The lowest BCUT2D eigenvalue weighted by Crippen LogP contribution is -2.28. The Balaban J connectivity index is 1.18.